The molecule has 0 saturated carbocycles. The number of piperidine rings is 1. The van der Waals surface area contributed by atoms with Crippen LogP contribution in [0.2, 0.25) is 0 Å². The van der Waals surface area contributed by atoms with Crippen LogP contribution in [0, 0.1) is 13.8 Å². The Labute approximate surface area is 149 Å². The van der Waals surface area contributed by atoms with Gasteiger partial charge in [-0.05, 0) is 26.7 Å². The van der Waals surface area contributed by atoms with E-state index in [4.69, 9.17) is 0 Å². The fraction of sp³-hybridized carbons (Fsp3) is 0.471. The van der Waals surface area contributed by atoms with E-state index >= 15 is 0 Å². The maximum absolute atomic E-state index is 12.4. The lowest BCUT2D eigenvalue weighted by molar-refractivity contribution is -0.131. The molecule has 0 aromatic carbocycles. The number of rotatable bonds is 3. The molecule has 1 fully saturated rings. The molecule has 0 atom stereocenters. The minimum absolute atomic E-state index is 0.0346. The van der Waals surface area contributed by atoms with Crippen molar-refractivity contribution in [1.82, 2.24) is 29.8 Å². The van der Waals surface area contributed by atoms with Crippen molar-refractivity contribution in [1.29, 1.82) is 0 Å². The standard InChI is InChI=1S/C17H20N6O3/c1-10-7-17(25)23-15(18-10)8-14(19-23)12-3-5-22(6-4-12)16(24)9-13-11(2)20-26-21-13/h7-8,12,19H,3-6,9H2,1-2H3. The Balaban J connectivity index is 1.43. The third kappa shape index (κ3) is 3.00. The van der Waals surface area contributed by atoms with E-state index in [1.54, 1.807) is 6.92 Å². The zero-order valence-corrected chi connectivity index (χ0v) is 14.7. The van der Waals surface area contributed by atoms with E-state index in [2.05, 4.69) is 25.0 Å². The van der Waals surface area contributed by atoms with Crippen molar-refractivity contribution in [3.05, 3.63) is 45.3 Å². The monoisotopic (exact) mass is 356 g/mol. The Morgan fingerprint density at radius 1 is 1.27 bits per heavy atom. The van der Waals surface area contributed by atoms with Crippen LogP contribution in [0.4, 0.5) is 0 Å². The van der Waals surface area contributed by atoms with Crippen molar-refractivity contribution in [2.45, 2.75) is 39.0 Å². The third-order valence-electron chi connectivity index (χ3n) is 4.95. The van der Waals surface area contributed by atoms with Gasteiger partial charge in [-0.15, -0.1) is 0 Å². The van der Waals surface area contributed by atoms with E-state index < -0.39 is 0 Å². The topological polar surface area (TPSA) is 109 Å². The van der Waals surface area contributed by atoms with Gasteiger partial charge in [-0.1, -0.05) is 10.3 Å². The lowest BCUT2D eigenvalue weighted by Gasteiger charge is -2.31. The highest BCUT2D eigenvalue weighted by Gasteiger charge is 2.26. The van der Waals surface area contributed by atoms with Gasteiger partial charge >= 0.3 is 0 Å². The average molecular weight is 356 g/mol. The van der Waals surface area contributed by atoms with Gasteiger partial charge in [-0.25, -0.2) is 14.1 Å². The van der Waals surface area contributed by atoms with Gasteiger partial charge in [0.05, 0.1) is 6.42 Å². The van der Waals surface area contributed by atoms with Crippen LogP contribution in [0.5, 0.6) is 0 Å². The normalized spacial score (nSPS) is 15.7. The van der Waals surface area contributed by atoms with Gasteiger partial charge in [0.25, 0.3) is 5.56 Å². The molecule has 1 saturated heterocycles. The Morgan fingerprint density at radius 2 is 2.04 bits per heavy atom. The van der Waals surface area contributed by atoms with Gasteiger partial charge in [-0.2, -0.15) is 0 Å². The lowest BCUT2D eigenvalue weighted by atomic mass is 9.93. The van der Waals surface area contributed by atoms with Crippen LogP contribution in [0.25, 0.3) is 5.65 Å². The van der Waals surface area contributed by atoms with Crippen molar-refractivity contribution in [3.63, 3.8) is 0 Å². The van der Waals surface area contributed by atoms with Crippen molar-refractivity contribution in [2.24, 2.45) is 0 Å². The molecular formula is C17H20N6O3. The predicted molar refractivity (Wildman–Crippen MR) is 91.8 cm³/mol. The van der Waals surface area contributed by atoms with Crippen LogP contribution in [-0.4, -0.2) is 48.8 Å². The van der Waals surface area contributed by atoms with Crippen molar-refractivity contribution in [2.75, 3.05) is 13.1 Å². The predicted octanol–water partition coefficient (Wildman–Crippen LogP) is 0.971. The Kier molecular flexibility index (Phi) is 4.06. The molecule has 1 amide bonds. The van der Waals surface area contributed by atoms with Crippen LogP contribution >= 0.6 is 0 Å². The van der Waals surface area contributed by atoms with Crippen LogP contribution in [-0.2, 0) is 11.2 Å². The van der Waals surface area contributed by atoms with Gasteiger partial charge < -0.3 is 4.90 Å². The third-order valence-corrected chi connectivity index (χ3v) is 4.95. The number of H-pyrrole nitrogens is 1. The SMILES string of the molecule is Cc1cc(=O)n2[nH]c(C3CCN(C(=O)Cc4nonc4C)CC3)cc2n1. The van der Waals surface area contributed by atoms with Gasteiger partial charge in [0.1, 0.15) is 11.4 Å². The molecule has 9 heteroatoms. The van der Waals surface area contributed by atoms with E-state index in [0.717, 1.165) is 18.5 Å². The van der Waals surface area contributed by atoms with Gasteiger partial charge in [0.2, 0.25) is 5.91 Å². The lowest BCUT2D eigenvalue weighted by Crippen LogP contribution is -2.39. The number of hydrogen-bond donors (Lipinski definition) is 1. The summed E-state index contributed by atoms with van der Waals surface area (Å²) in [5, 5.41) is 10.6. The number of carbonyl (C=O) groups is 1. The first-order valence-corrected chi connectivity index (χ1v) is 8.66. The highest BCUT2D eigenvalue weighted by Crippen LogP contribution is 2.27. The number of aromatic nitrogens is 5. The number of hydrogen-bond acceptors (Lipinski definition) is 6. The summed E-state index contributed by atoms with van der Waals surface area (Å²) in [4.78, 5) is 30.7. The van der Waals surface area contributed by atoms with Crippen molar-refractivity contribution >= 4 is 11.6 Å². The number of nitrogens with one attached hydrogen (secondary N) is 1. The summed E-state index contributed by atoms with van der Waals surface area (Å²) in [7, 11) is 0. The molecule has 1 aliphatic rings. The fourth-order valence-corrected chi connectivity index (χ4v) is 3.44. The molecule has 4 rings (SSSR count). The Hall–Kier alpha value is -2.97. The highest BCUT2D eigenvalue weighted by molar-refractivity contribution is 5.78. The average Bonchev–Trinajstić information content (AvgIpc) is 3.22. The van der Waals surface area contributed by atoms with E-state index in [9.17, 15) is 9.59 Å². The van der Waals surface area contributed by atoms with Crippen LogP contribution < -0.4 is 5.56 Å². The summed E-state index contributed by atoms with van der Waals surface area (Å²) in [6.45, 7) is 4.93. The molecule has 0 aliphatic carbocycles. The molecule has 0 unspecified atom stereocenters. The fourth-order valence-electron chi connectivity index (χ4n) is 3.44. The van der Waals surface area contributed by atoms with E-state index in [-0.39, 0.29) is 23.8 Å². The van der Waals surface area contributed by atoms with Gasteiger partial charge in [0, 0.05) is 42.5 Å². The van der Waals surface area contributed by atoms with Crippen LogP contribution in [0.3, 0.4) is 0 Å². The molecule has 0 spiro atoms. The molecule has 1 aliphatic heterocycles. The minimum atomic E-state index is -0.108. The molecule has 1 N–H and O–H groups in total. The quantitative estimate of drug-likeness (QED) is 0.749. The summed E-state index contributed by atoms with van der Waals surface area (Å²) in [5.74, 6) is 0.309. The first-order valence-electron chi connectivity index (χ1n) is 8.66. The summed E-state index contributed by atoms with van der Waals surface area (Å²) in [6.07, 6.45) is 1.88. The number of nitrogens with zero attached hydrogens (tertiary/aromatic N) is 5. The second-order valence-corrected chi connectivity index (χ2v) is 6.77. The summed E-state index contributed by atoms with van der Waals surface area (Å²) >= 11 is 0. The zero-order valence-electron chi connectivity index (χ0n) is 14.7. The summed E-state index contributed by atoms with van der Waals surface area (Å²) in [6, 6.07) is 3.44. The number of aromatic amines is 1. The summed E-state index contributed by atoms with van der Waals surface area (Å²) in [5.41, 5.74) is 3.47. The first kappa shape index (κ1) is 16.5. The number of amides is 1. The molecular weight excluding hydrogens is 336 g/mol. The molecule has 26 heavy (non-hydrogen) atoms. The molecule has 136 valence electrons. The molecule has 3 aromatic rings. The van der Waals surface area contributed by atoms with E-state index in [1.807, 2.05) is 17.9 Å². The Morgan fingerprint density at radius 3 is 2.73 bits per heavy atom. The number of likely N-dealkylation sites (tertiary alicyclic amines) is 1. The molecule has 3 aromatic heterocycles. The maximum Gasteiger partial charge on any atom is 0.272 e. The van der Waals surface area contributed by atoms with E-state index in [1.165, 1.54) is 10.6 Å². The number of fused-ring (bicyclic) bond motifs is 1. The molecule has 9 nitrogen and oxygen atoms in total. The van der Waals surface area contributed by atoms with E-state index in [0.29, 0.717) is 35.8 Å². The first-order chi connectivity index (χ1) is 12.5. The highest BCUT2D eigenvalue weighted by atomic mass is 16.6. The van der Waals surface area contributed by atoms with Gasteiger partial charge in [-0.3, -0.25) is 14.7 Å². The number of aryl methyl sites for hydroxylation is 2. The molecule has 4 heterocycles. The largest absolute Gasteiger partial charge is 0.342 e. The maximum atomic E-state index is 12.4. The van der Waals surface area contributed by atoms with Crippen LogP contribution in [0.15, 0.2) is 21.6 Å². The second-order valence-electron chi connectivity index (χ2n) is 6.77. The molecule has 0 radical (unpaired) electrons. The zero-order chi connectivity index (χ0) is 18.3. The second kappa shape index (κ2) is 6.40. The van der Waals surface area contributed by atoms with Crippen LogP contribution in [0.1, 0.15) is 41.5 Å². The summed E-state index contributed by atoms with van der Waals surface area (Å²) < 4.78 is 6.12. The van der Waals surface area contributed by atoms with Crippen molar-refractivity contribution < 1.29 is 9.42 Å². The minimum Gasteiger partial charge on any atom is -0.342 e. The van der Waals surface area contributed by atoms with Crippen molar-refractivity contribution in [3.8, 4) is 0 Å². The Bertz CT molecular complexity index is 1010. The molecule has 0 bridgehead atoms. The van der Waals surface area contributed by atoms with Gasteiger partial charge in [0.15, 0.2) is 5.65 Å². The number of carbonyl (C=O) groups excluding carboxylic acids is 1. The smallest absolute Gasteiger partial charge is 0.272 e.